The van der Waals surface area contributed by atoms with Gasteiger partial charge in [-0.25, -0.2) is 4.98 Å². The van der Waals surface area contributed by atoms with Gasteiger partial charge in [-0.1, -0.05) is 6.07 Å². The van der Waals surface area contributed by atoms with Crippen molar-refractivity contribution in [3.63, 3.8) is 0 Å². The molecule has 0 spiro atoms. The Morgan fingerprint density at radius 2 is 2.27 bits per heavy atom. The van der Waals surface area contributed by atoms with Gasteiger partial charge in [-0.3, -0.25) is 14.4 Å². The van der Waals surface area contributed by atoms with E-state index >= 15 is 0 Å². The Labute approximate surface area is 130 Å². The molecule has 1 fully saturated rings. The number of carbonyl (C=O) groups excluding carboxylic acids is 1. The summed E-state index contributed by atoms with van der Waals surface area (Å²) in [6, 6.07) is 4.18. The van der Waals surface area contributed by atoms with Crippen molar-refractivity contribution in [2.75, 3.05) is 11.4 Å². The summed E-state index contributed by atoms with van der Waals surface area (Å²) >= 11 is 0. The van der Waals surface area contributed by atoms with Crippen molar-refractivity contribution in [2.24, 2.45) is 13.0 Å². The van der Waals surface area contributed by atoms with Crippen molar-refractivity contribution < 1.29 is 4.79 Å². The number of amides is 1. The predicted molar refractivity (Wildman–Crippen MR) is 83.7 cm³/mol. The average Bonchev–Trinajstić information content (AvgIpc) is 3.19. The van der Waals surface area contributed by atoms with E-state index in [0.717, 1.165) is 42.9 Å². The highest BCUT2D eigenvalue weighted by atomic mass is 16.2. The molecule has 2 aliphatic rings. The first kappa shape index (κ1) is 13.5. The number of rotatable bonds is 2. The second-order valence-electron chi connectivity index (χ2n) is 6.42. The van der Waals surface area contributed by atoms with Gasteiger partial charge < -0.3 is 0 Å². The van der Waals surface area contributed by atoms with E-state index < -0.39 is 0 Å². The van der Waals surface area contributed by atoms with Crippen LogP contribution in [0.15, 0.2) is 24.5 Å². The summed E-state index contributed by atoms with van der Waals surface area (Å²) in [5.74, 6) is 1.50. The first-order chi connectivity index (χ1) is 10.6. The molecule has 1 amide bonds. The molecule has 22 heavy (non-hydrogen) atoms. The molecular formula is C17H20N4O. The third kappa shape index (κ3) is 2.12. The van der Waals surface area contributed by atoms with Gasteiger partial charge in [0.1, 0.15) is 5.82 Å². The van der Waals surface area contributed by atoms with Crippen molar-refractivity contribution in [3.05, 3.63) is 41.3 Å². The summed E-state index contributed by atoms with van der Waals surface area (Å²) in [5, 5.41) is 4.21. The van der Waals surface area contributed by atoms with Gasteiger partial charge in [0.05, 0.1) is 0 Å². The molecule has 2 aromatic rings. The minimum absolute atomic E-state index is 0.0875. The number of hydrogen-bond donors (Lipinski definition) is 0. The second kappa shape index (κ2) is 4.93. The van der Waals surface area contributed by atoms with Crippen LogP contribution in [0, 0.1) is 12.8 Å². The summed E-state index contributed by atoms with van der Waals surface area (Å²) < 4.78 is 1.88. The van der Waals surface area contributed by atoms with Crippen molar-refractivity contribution in [2.45, 2.75) is 32.1 Å². The number of carbonyl (C=O) groups is 1. The first-order valence-electron chi connectivity index (χ1n) is 7.90. The van der Waals surface area contributed by atoms with E-state index in [1.807, 2.05) is 35.8 Å². The quantitative estimate of drug-likeness (QED) is 0.853. The number of pyridine rings is 1. The summed E-state index contributed by atoms with van der Waals surface area (Å²) in [5.41, 5.74) is 3.53. The Morgan fingerprint density at radius 3 is 3.05 bits per heavy atom. The summed E-state index contributed by atoms with van der Waals surface area (Å²) in [6.07, 6.45) is 6.62. The van der Waals surface area contributed by atoms with Gasteiger partial charge in [-0.15, -0.1) is 0 Å². The molecule has 2 aromatic heterocycles. The molecule has 0 saturated heterocycles. The van der Waals surface area contributed by atoms with E-state index in [9.17, 15) is 4.79 Å². The standard InChI is InChI=1S/C17H20N4O/c1-11-8-12-4-3-7-21(16(12)18-10-11)17(22)14-9-13(14)15-5-6-19-20(15)2/h5-6,8,10,13-14H,3-4,7,9H2,1-2H3. The Balaban J connectivity index is 1.57. The van der Waals surface area contributed by atoms with Crippen LogP contribution < -0.4 is 4.90 Å². The molecular weight excluding hydrogens is 276 g/mol. The van der Waals surface area contributed by atoms with Crippen LogP contribution in [0.25, 0.3) is 0 Å². The molecule has 2 atom stereocenters. The maximum Gasteiger partial charge on any atom is 0.231 e. The van der Waals surface area contributed by atoms with Crippen LogP contribution in [0.1, 0.15) is 35.6 Å². The lowest BCUT2D eigenvalue weighted by atomic mass is 10.0. The minimum Gasteiger partial charge on any atom is -0.296 e. The number of fused-ring (bicyclic) bond motifs is 1. The highest BCUT2D eigenvalue weighted by Crippen LogP contribution is 2.49. The van der Waals surface area contributed by atoms with E-state index in [0.29, 0.717) is 5.92 Å². The summed E-state index contributed by atoms with van der Waals surface area (Å²) in [7, 11) is 1.94. The molecule has 2 unspecified atom stereocenters. The van der Waals surface area contributed by atoms with Crippen molar-refractivity contribution in [1.82, 2.24) is 14.8 Å². The van der Waals surface area contributed by atoms with Crippen molar-refractivity contribution in [1.29, 1.82) is 0 Å². The number of hydrogen-bond acceptors (Lipinski definition) is 3. The van der Waals surface area contributed by atoms with Crippen LogP contribution in [0.3, 0.4) is 0 Å². The molecule has 3 heterocycles. The van der Waals surface area contributed by atoms with Crippen LogP contribution in [-0.4, -0.2) is 27.2 Å². The Hall–Kier alpha value is -2.17. The molecule has 0 radical (unpaired) electrons. The van der Waals surface area contributed by atoms with Crippen LogP contribution in [0.4, 0.5) is 5.82 Å². The Kier molecular flexibility index (Phi) is 3.03. The zero-order valence-corrected chi connectivity index (χ0v) is 13.0. The van der Waals surface area contributed by atoms with E-state index in [1.54, 1.807) is 6.20 Å². The molecule has 1 aliphatic heterocycles. The van der Waals surface area contributed by atoms with Gasteiger partial charge in [0.25, 0.3) is 0 Å². The van der Waals surface area contributed by atoms with Crippen molar-refractivity contribution in [3.8, 4) is 0 Å². The van der Waals surface area contributed by atoms with E-state index in [1.165, 1.54) is 5.56 Å². The van der Waals surface area contributed by atoms with Crippen LogP contribution >= 0.6 is 0 Å². The topological polar surface area (TPSA) is 51.0 Å². The molecule has 4 rings (SSSR count). The first-order valence-corrected chi connectivity index (χ1v) is 7.90. The second-order valence-corrected chi connectivity index (χ2v) is 6.42. The monoisotopic (exact) mass is 296 g/mol. The largest absolute Gasteiger partial charge is 0.296 e. The fraction of sp³-hybridized carbons (Fsp3) is 0.471. The van der Waals surface area contributed by atoms with Crippen molar-refractivity contribution >= 4 is 11.7 Å². The maximum atomic E-state index is 12.9. The normalized spacial score (nSPS) is 23.3. The van der Waals surface area contributed by atoms with Gasteiger partial charge in [0.2, 0.25) is 5.91 Å². The molecule has 5 heteroatoms. The zero-order valence-electron chi connectivity index (χ0n) is 13.0. The SMILES string of the molecule is Cc1cnc2c(c1)CCCN2C(=O)C1CC1c1ccnn1C. The lowest BCUT2D eigenvalue weighted by molar-refractivity contribution is -0.120. The highest BCUT2D eigenvalue weighted by Gasteiger charge is 2.48. The van der Waals surface area contributed by atoms with E-state index in [4.69, 9.17) is 0 Å². The summed E-state index contributed by atoms with van der Waals surface area (Å²) in [4.78, 5) is 19.3. The molecule has 1 saturated carbocycles. The Morgan fingerprint density at radius 1 is 1.41 bits per heavy atom. The molecule has 1 aliphatic carbocycles. The lowest BCUT2D eigenvalue weighted by Crippen LogP contribution is -2.37. The predicted octanol–water partition coefficient (Wildman–Crippen LogP) is 2.21. The van der Waals surface area contributed by atoms with Gasteiger partial charge >= 0.3 is 0 Å². The van der Waals surface area contributed by atoms with Gasteiger partial charge in [-0.05, 0) is 43.4 Å². The molecule has 0 aromatic carbocycles. The number of aryl methyl sites for hydroxylation is 3. The Bertz CT molecular complexity index is 736. The molecule has 0 N–H and O–H groups in total. The van der Waals surface area contributed by atoms with Gasteiger partial charge in [-0.2, -0.15) is 5.10 Å². The smallest absolute Gasteiger partial charge is 0.231 e. The summed E-state index contributed by atoms with van der Waals surface area (Å²) in [6.45, 7) is 2.84. The number of nitrogens with zero attached hydrogens (tertiary/aromatic N) is 4. The van der Waals surface area contributed by atoms with Gasteiger partial charge in [0, 0.05) is 43.5 Å². The highest BCUT2D eigenvalue weighted by molar-refractivity contribution is 5.97. The maximum absolute atomic E-state index is 12.9. The lowest BCUT2D eigenvalue weighted by Gasteiger charge is -2.28. The van der Waals surface area contributed by atoms with E-state index in [2.05, 4.69) is 16.1 Å². The molecule has 114 valence electrons. The fourth-order valence-corrected chi connectivity index (χ4v) is 3.54. The number of aromatic nitrogens is 3. The fourth-order valence-electron chi connectivity index (χ4n) is 3.54. The molecule has 5 nitrogen and oxygen atoms in total. The minimum atomic E-state index is 0.0875. The van der Waals surface area contributed by atoms with Crippen LogP contribution in [-0.2, 0) is 18.3 Å². The third-order valence-electron chi connectivity index (χ3n) is 4.78. The van der Waals surface area contributed by atoms with Gasteiger partial charge in [0.15, 0.2) is 0 Å². The third-order valence-corrected chi connectivity index (χ3v) is 4.78. The number of anilines is 1. The van der Waals surface area contributed by atoms with E-state index in [-0.39, 0.29) is 11.8 Å². The molecule has 0 bridgehead atoms. The van der Waals surface area contributed by atoms with Crippen LogP contribution in [0.5, 0.6) is 0 Å². The zero-order chi connectivity index (χ0) is 15.3. The van der Waals surface area contributed by atoms with Crippen LogP contribution in [0.2, 0.25) is 0 Å². The average molecular weight is 296 g/mol.